The molecule has 0 bridgehead atoms. The van der Waals surface area contributed by atoms with Crippen LogP contribution in [0, 0.1) is 13.8 Å². The lowest BCUT2D eigenvalue weighted by atomic mass is 10.2. The van der Waals surface area contributed by atoms with Crippen LogP contribution in [0.2, 0.25) is 0 Å². The van der Waals surface area contributed by atoms with Crippen LogP contribution in [0.15, 0.2) is 22.6 Å². The number of H-pyrrole nitrogens is 1. The highest BCUT2D eigenvalue weighted by molar-refractivity contribution is 5.78. The predicted molar refractivity (Wildman–Crippen MR) is 86.0 cm³/mol. The van der Waals surface area contributed by atoms with Gasteiger partial charge in [-0.25, -0.2) is 4.98 Å². The average Bonchev–Trinajstić information content (AvgIpc) is 3.14. The zero-order chi connectivity index (χ0) is 17.1. The highest BCUT2D eigenvalue weighted by atomic mass is 16.5. The molecule has 0 unspecified atom stereocenters. The SMILES string of the molecule is Cc1nnc(CN(C)C(=O)COCc2nc3c(C)cccc3[nH]2)o1. The molecule has 1 amide bonds. The number of aromatic nitrogens is 4. The first-order valence-corrected chi connectivity index (χ1v) is 7.58. The monoisotopic (exact) mass is 329 g/mol. The number of nitrogens with one attached hydrogen (secondary N) is 1. The second-order valence-corrected chi connectivity index (χ2v) is 5.61. The number of hydrogen-bond donors (Lipinski definition) is 1. The third kappa shape index (κ3) is 3.60. The van der Waals surface area contributed by atoms with Gasteiger partial charge in [0.2, 0.25) is 17.7 Å². The quantitative estimate of drug-likeness (QED) is 0.740. The summed E-state index contributed by atoms with van der Waals surface area (Å²) in [5, 5.41) is 7.59. The molecule has 3 aromatic rings. The van der Waals surface area contributed by atoms with Gasteiger partial charge in [0.1, 0.15) is 19.0 Å². The summed E-state index contributed by atoms with van der Waals surface area (Å²) in [6.45, 7) is 4.17. The maximum Gasteiger partial charge on any atom is 0.248 e. The molecule has 8 heteroatoms. The van der Waals surface area contributed by atoms with Crippen LogP contribution in [0.4, 0.5) is 0 Å². The topological polar surface area (TPSA) is 97.1 Å². The van der Waals surface area contributed by atoms with Crippen molar-refractivity contribution in [1.82, 2.24) is 25.1 Å². The highest BCUT2D eigenvalue weighted by Crippen LogP contribution is 2.15. The van der Waals surface area contributed by atoms with Crippen molar-refractivity contribution in [2.24, 2.45) is 0 Å². The Morgan fingerprint density at radius 1 is 1.33 bits per heavy atom. The number of hydrogen-bond acceptors (Lipinski definition) is 6. The Balaban J connectivity index is 1.51. The van der Waals surface area contributed by atoms with Gasteiger partial charge in [-0.1, -0.05) is 12.1 Å². The van der Waals surface area contributed by atoms with Crippen LogP contribution in [0.25, 0.3) is 11.0 Å². The fourth-order valence-corrected chi connectivity index (χ4v) is 2.33. The van der Waals surface area contributed by atoms with Crippen LogP contribution >= 0.6 is 0 Å². The molecule has 1 N–H and O–H groups in total. The Bertz CT molecular complexity index is 854. The molecule has 0 saturated heterocycles. The van der Waals surface area contributed by atoms with Crippen molar-refractivity contribution < 1.29 is 13.9 Å². The molecule has 0 radical (unpaired) electrons. The van der Waals surface area contributed by atoms with Crippen molar-refractivity contribution in [1.29, 1.82) is 0 Å². The molecular formula is C16H19N5O3. The number of para-hydroxylation sites is 1. The van der Waals surface area contributed by atoms with Gasteiger partial charge < -0.3 is 19.0 Å². The van der Waals surface area contributed by atoms with Gasteiger partial charge in [0.15, 0.2) is 0 Å². The Morgan fingerprint density at radius 3 is 2.88 bits per heavy atom. The number of fused-ring (bicyclic) bond motifs is 1. The fourth-order valence-electron chi connectivity index (χ4n) is 2.33. The molecule has 1 aromatic carbocycles. The van der Waals surface area contributed by atoms with Crippen molar-refractivity contribution in [2.75, 3.05) is 13.7 Å². The van der Waals surface area contributed by atoms with Crippen LogP contribution in [-0.4, -0.2) is 44.6 Å². The fraction of sp³-hybridized carbons (Fsp3) is 0.375. The summed E-state index contributed by atoms with van der Waals surface area (Å²) < 4.78 is 10.7. The number of aromatic amines is 1. The van der Waals surface area contributed by atoms with Gasteiger partial charge in [0.25, 0.3) is 0 Å². The third-order valence-electron chi connectivity index (χ3n) is 3.59. The Kier molecular flexibility index (Phi) is 4.57. The summed E-state index contributed by atoms with van der Waals surface area (Å²) in [4.78, 5) is 21.2. The number of rotatable bonds is 6. The number of benzene rings is 1. The van der Waals surface area contributed by atoms with E-state index in [2.05, 4.69) is 20.2 Å². The molecule has 0 spiro atoms. The van der Waals surface area contributed by atoms with Crippen molar-refractivity contribution in [3.63, 3.8) is 0 Å². The third-order valence-corrected chi connectivity index (χ3v) is 3.59. The zero-order valence-electron chi connectivity index (χ0n) is 13.9. The smallest absolute Gasteiger partial charge is 0.248 e. The molecule has 0 aliphatic carbocycles. The molecule has 0 atom stereocenters. The van der Waals surface area contributed by atoms with Crippen LogP contribution < -0.4 is 0 Å². The number of imidazole rings is 1. The van der Waals surface area contributed by atoms with E-state index in [4.69, 9.17) is 9.15 Å². The first-order chi connectivity index (χ1) is 11.5. The average molecular weight is 329 g/mol. The number of likely N-dealkylation sites (N-methyl/N-ethyl adjacent to an activating group) is 1. The van der Waals surface area contributed by atoms with Crippen LogP contribution in [-0.2, 0) is 22.7 Å². The van der Waals surface area contributed by atoms with Crippen LogP contribution in [0.1, 0.15) is 23.2 Å². The van der Waals surface area contributed by atoms with Gasteiger partial charge in [-0.2, -0.15) is 0 Å². The Morgan fingerprint density at radius 2 is 2.17 bits per heavy atom. The van der Waals surface area contributed by atoms with Crippen molar-refractivity contribution in [3.05, 3.63) is 41.4 Å². The van der Waals surface area contributed by atoms with Crippen LogP contribution in [0.3, 0.4) is 0 Å². The van der Waals surface area contributed by atoms with E-state index in [0.717, 1.165) is 16.6 Å². The minimum atomic E-state index is -0.168. The summed E-state index contributed by atoms with van der Waals surface area (Å²) in [5.41, 5.74) is 2.98. The summed E-state index contributed by atoms with van der Waals surface area (Å²) in [7, 11) is 1.66. The molecule has 2 aromatic heterocycles. The molecular weight excluding hydrogens is 310 g/mol. The molecule has 2 heterocycles. The van der Waals surface area contributed by atoms with E-state index < -0.39 is 0 Å². The minimum absolute atomic E-state index is 0.0420. The number of carbonyl (C=O) groups is 1. The van der Waals surface area contributed by atoms with Gasteiger partial charge in [-0.15, -0.1) is 10.2 Å². The van der Waals surface area contributed by atoms with Gasteiger partial charge in [0.05, 0.1) is 17.6 Å². The van der Waals surface area contributed by atoms with E-state index in [0.29, 0.717) is 17.6 Å². The molecule has 0 fully saturated rings. The molecule has 0 aliphatic rings. The molecule has 8 nitrogen and oxygen atoms in total. The highest BCUT2D eigenvalue weighted by Gasteiger charge is 2.13. The lowest BCUT2D eigenvalue weighted by Crippen LogP contribution is -2.30. The Hall–Kier alpha value is -2.74. The second-order valence-electron chi connectivity index (χ2n) is 5.61. The van der Waals surface area contributed by atoms with E-state index in [1.54, 1.807) is 14.0 Å². The predicted octanol–water partition coefficient (Wildman–Crippen LogP) is 1.74. The molecule has 24 heavy (non-hydrogen) atoms. The van der Waals surface area contributed by atoms with Gasteiger partial charge in [0, 0.05) is 14.0 Å². The number of amides is 1. The van der Waals surface area contributed by atoms with E-state index in [1.807, 2.05) is 25.1 Å². The largest absolute Gasteiger partial charge is 0.424 e. The maximum atomic E-state index is 12.1. The van der Waals surface area contributed by atoms with Gasteiger partial charge in [-0.3, -0.25) is 4.79 Å². The van der Waals surface area contributed by atoms with E-state index in [9.17, 15) is 4.79 Å². The molecule has 0 saturated carbocycles. The zero-order valence-corrected chi connectivity index (χ0v) is 13.9. The molecule has 3 rings (SSSR count). The maximum absolute atomic E-state index is 12.1. The van der Waals surface area contributed by atoms with Crippen LogP contribution in [0.5, 0.6) is 0 Å². The summed E-state index contributed by atoms with van der Waals surface area (Å²) in [6, 6.07) is 5.94. The van der Waals surface area contributed by atoms with E-state index in [-0.39, 0.29) is 25.7 Å². The van der Waals surface area contributed by atoms with Gasteiger partial charge >= 0.3 is 0 Å². The molecule has 126 valence electrons. The van der Waals surface area contributed by atoms with E-state index >= 15 is 0 Å². The van der Waals surface area contributed by atoms with Gasteiger partial charge in [-0.05, 0) is 18.6 Å². The van der Waals surface area contributed by atoms with Crippen molar-refractivity contribution in [2.45, 2.75) is 27.0 Å². The summed E-state index contributed by atoms with van der Waals surface area (Å²) in [5.74, 6) is 1.40. The van der Waals surface area contributed by atoms with E-state index in [1.165, 1.54) is 4.90 Å². The number of ether oxygens (including phenoxy) is 1. The second kappa shape index (κ2) is 6.79. The standard InChI is InChI=1S/C16H19N5O3/c1-10-5-4-6-12-16(10)18-13(17-12)8-23-9-15(22)21(3)7-14-20-19-11(2)24-14/h4-6H,7-9H2,1-3H3,(H,17,18). The minimum Gasteiger partial charge on any atom is -0.424 e. The van der Waals surface area contributed by atoms with Crippen molar-refractivity contribution >= 4 is 16.9 Å². The molecule has 0 aliphatic heterocycles. The first kappa shape index (κ1) is 16.1. The van der Waals surface area contributed by atoms with Crippen molar-refractivity contribution in [3.8, 4) is 0 Å². The number of aryl methyl sites for hydroxylation is 2. The summed E-state index contributed by atoms with van der Waals surface area (Å²) >= 11 is 0. The first-order valence-electron chi connectivity index (χ1n) is 7.58. The number of carbonyl (C=O) groups excluding carboxylic acids is 1. The lowest BCUT2D eigenvalue weighted by Gasteiger charge is -2.14. The number of nitrogens with zero attached hydrogens (tertiary/aromatic N) is 4. The normalized spacial score (nSPS) is 11.1. The summed E-state index contributed by atoms with van der Waals surface area (Å²) in [6.07, 6.45) is 0. The lowest BCUT2D eigenvalue weighted by molar-refractivity contribution is -0.136. The Labute approximate surface area is 138 Å².